The number of aliphatic hydroxyl groups excluding tert-OH is 1. The Labute approximate surface area is 121 Å². The van der Waals surface area contributed by atoms with Crippen molar-refractivity contribution < 1.29 is 14.6 Å². The number of rotatable bonds is 6. The van der Waals surface area contributed by atoms with Gasteiger partial charge in [-0.1, -0.05) is 19.3 Å². The molecule has 0 atom stereocenters. The number of hydrogen-bond acceptors (Lipinski definition) is 4. The van der Waals surface area contributed by atoms with E-state index in [1.165, 1.54) is 19.3 Å². The van der Waals surface area contributed by atoms with Gasteiger partial charge in [0.2, 0.25) is 5.91 Å². The van der Waals surface area contributed by atoms with Gasteiger partial charge in [0.15, 0.2) is 0 Å². The summed E-state index contributed by atoms with van der Waals surface area (Å²) in [5.74, 6) is 0.211. The molecule has 1 saturated heterocycles. The van der Waals surface area contributed by atoms with Crippen LogP contribution in [0, 0.1) is 5.41 Å². The summed E-state index contributed by atoms with van der Waals surface area (Å²) in [4.78, 5) is 13.9. The Kier molecular flexibility index (Phi) is 6.26. The van der Waals surface area contributed by atoms with E-state index in [9.17, 15) is 9.90 Å². The van der Waals surface area contributed by atoms with Crippen LogP contribution < -0.4 is 5.32 Å². The molecule has 2 N–H and O–H groups in total. The molecule has 0 aromatic carbocycles. The molecular weight excluding hydrogens is 256 g/mol. The molecule has 1 aliphatic heterocycles. The van der Waals surface area contributed by atoms with Crippen molar-refractivity contribution in [1.82, 2.24) is 10.2 Å². The van der Waals surface area contributed by atoms with E-state index in [2.05, 4.69) is 5.32 Å². The Morgan fingerprint density at radius 3 is 2.55 bits per heavy atom. The maximum atomic E-state index is 12.0. The van der Waals surface area contributed by atoms with E-state index in [1.54, 1.807) is 0 Å². The average Bonchev–Trinajstić information content (AvgIpc) is 2.53. The molecule has 2 aliphatic rings. The van der Waals surface area contributed by atoms with Gasteiger partial charge in [0.25, 0.3) is 0 Å². The van der Waals surface area contributed by atoms with Gasteiger partial charge in [0.1, 0.15) is 0 Å². The van der Waals surface area contributed by atoms with Crippen molar-refractivity contribution in [2.75, 3.05) is 46.0 Å². The SMILES string of the molecule is O=C(CCNCC1(CO)CCCCC1)N1CCOCC1. The first-order valence-corrected chi connectivity index (χ1v) is 7.93. The van der Waals surface area contributed by atoms with Crippen LogP contribution in [0.25, 0.3) is 0 Å². The van der Waals surface area contributed by atoms with Crippen LogP contribution in [0.4, 0.5) is 0 Å². The van der Waals surface area contributed by atoms with Gasteiger partial charge >= 0.3 is 0 Å². The molecule has 1 heterocycles. The first kappa shape index (κ1) is 15.7. The Hall–Kier alpha value is -0.650. The molecule has 1 saturated carbocycles. The number of nitrogens with one attached hydrogen (secondary N) is 1. The Bertz CT molecular complexity index is 297. The summed E-state index contributed by atoms with van der Waals surface area (Å²) in [6.45, 7) is 4.56. The Morgan fingerprint density at radius 2 is 1.90 bits per heavy atom. The smallest absolute Gasteiger partial charge is 0.224 e. The van der Waals surface area contributed by atoms with Crippen molar-refractivity contribution >= 4 is 5.91 Å². The van der Waals surface area contributed by atoms with Crippen molar-refractivity contribution in [1.29, 1.82) is 0 Å². The van der Waals surface area contributed by atoms with Crippen LogP contribution in [0.5, 0.6) is 0 Å². The zero-order valence-electron chi connectivity index (χ0n) is 12.4. The zero-order valence-corrected chi connectivity index (χ0v) is 12.4. The van der Waals surface area contributed by atoms with E-state index < -0.39 is 0 Å². The molecule has 0 radical (unpaired) electrons. The lowest BCUT2D eigenvalue weighted by atomic mass is 9.74. The van der Waals surface area contributed by atoms with Crippen LogP contribution in [-0.2, 0) is 9.53 Å². The molecule has 0 aromatic rings. The predicted molar refractivity (Wildman–Crippen MR) is 77.5 cm³/mol. The average molecular weight is 284 g/mol. The standard InChI is InChI=1S/C15H28N2O3/c18-13-15(5-2-1-3-6-15)12-16-7-4-14(19)17-8-10-20-11-9-17/h16,18H,1-13H2. The Balaban J connectivity index is 1.63. The lowest BCUT2D eigenvalue weighted by molar-refractivity contribution is -0.135. The highest BCUT2D eigenvalue weighted by Crippen LogP contribution is 2.35. The summed E-state index contributed by atoms with van der Waals surface area (Å²) in [5, 5.41) is 13.0. The van der Waals surface area contributed by atoms with Crippen molar-refractivity contribution in [3.8, 4) is 0 Å². The normalized spacial score (nSPS) is 22.8. The third kappa shape index (κ3) is 4.43. The topological polar surface area (TPSA) is 61.8 Å². The maximum absolute atomic E-state index is 12.0. The quantitative estimate of drug-likeness (QED) is 0.707. The van der Waals surface area contributed by atoms with Crippen LogP contribution in [0.3, 0.4) is 0 Å². The van der Waals surface area contributed by atoms with Gasteiger partial charge in [0.05, 0.1) is 13.2 Å². The minimum Gasteiger partial charge on any atom is -0.396 e. The summed E-state index contributed by atoms with van der Waals surface area (Å²) < 4.78 is 5.25. The summed E-state index contributed by atoms with van der Waals surface area (Å²) in [5.41, 5.74) is 0.0558. The number of hydrogen-bond donors (Lipinski definition) is 2. The van der Waals surface area contributed by atoms with Gasteiger partial charge in [-0.2, -0.15) is 0 Å². The van der Waals surface area contributed by atoms with Crippen LogP contribution in [0.1, 0.15) is 38.5 Å². The number of ether oxygens (including phenoxy) is 1. The molecule has 1 aliphatic carbocycles. The molecule has 0 bridgehead atoms. The zero-order chi connectivity index (χ0) is 14.3. The van der Waals surface area contributed by atoms with Crippen molar-refractivity contribution in [3.05, 3.63) is 0 Å². The molecule has 0 unspecified atom stereocenters. The monoisotopic (exact) mass is 284 g/mol. The second-order valence-corrected chi connectivity index (χ2v) is 6.14. The molecule has 20 heavy (non-hydrogen) atoms. The Morgan fingerprint density at radius 1 is 1.20 bits per heavy atom. The third-order valence-corrected chi connectivity index (χ3v) is 4.63. The minimum absolute atomic E-state index is 0.0558. The first-order chi connectivity index (χ1) is 9.76. The molecule has 0 aromatic heterocycles. The summed E-state index contributed by atoms with van der Waals surface area (Å²) in [6, 6.07) is 0. The summed E-state index contributed by atoms with van der Waals surface area (Å²) in [7, 11) is 0. The fourth-order valence-electron chi connectivity index (χ4n) is 3.21. The van der Waals surface area contributed by atoms with E-state index in [-0.39, 0.29) is 17.9 Å². The van der Waals surface area contributed by atoms with E-state index in [0.29, 0.717) is 26.2 Å². The molecule has 5 nitrogen and oxygen atoms in total. The number of aliphatic hydroxyl groups is 1. The van der Waals surface area contributed by atoms with Gasteiger partial charge in [-0.3, -0.25) is 4.79 Å². The first-order valence-electron chi connectivity index (χ1n) is 7.93. The van der Waals surface area contributed by atoms with Crippen LogP contribution >= 0.6 is 0 Å². The number of amides is 1. The summed E-state index contributed by atoms with van der Waals surface area (Å²) in [6.07, 6.45) is 6.48. The maximum Gasteiger partial charge on any atom is 0.224 e. The van der Waals surface area contributed by atoms with E-state index in [0.717, 1.165) is 32.5 Å². The molecule has 0 spiro atoms. The molecule has 116 valence electrons. The number of carbonyl (C=O) groups excluding carboxylic acids is 1. The minimum atomic E-state index is 0.0558. The molecule has 1 amide bonds. The van der Waals surface area contributed by atoms with Crippen molar-refractivity contribution in [2.24, 2.45) is 5.41 Å². The highest BCUT2D eigenvalue weighted by atomic mass is 16.5. The molecule has 2 rings (SSSR count). The lowest BCUT2D eigenvalue weighted by Crippen LogP contribution is -2.43. The largest absolute Gasteiger partial charge is 0.396 e. The van der Waals surface area contributed by atoms with Gasteiger partial charge in [-0.15, -0.1) is 0 Å². The molecular formula is C15H28N2O3. The number of nitrogens with zero attached hydrogens (tertiary/aromatic N) is 1. The van der Waals surface area contributed by atoms with Gasteiger partial charge in [-0.25, -0.2) is 0 Å². The van der Waals surface area contributed by atoms with E-state index in [4.69, 9.17) is 4.74 Å². The second kappa shape index (κ2) is 7.96. The van der Waals surface area contributed by atoms with Crippen LogP contribution in [0.15, 0.2) is 0 Å². The lowest BCUT2D eigenvalue weighted by Gasteiger charge is -2.36. The fraction of sp³-hybridized carbons (Fsp3) is 0.933. The van der Waals surface area contributed by atoms with Gasteiger partial charge in [-0.05, 0) is 12.8 Å². The highest BCUT2D eigenvalue weighted by Gasteiger charge is 2.30. The summed E-state index contributed by atoms with van der Waals surface area (Å²) >= 11 is 0. The van der Waals surface area contributed by atoms with Gasteiger partial charge in [0, 0.05) is 44.6 Å². The van der Waals surface area contributed by atoms with E-state index >= 15 is 0 Å². The number of carbonyl (C=O) groups is 1. The van der Waals surface area contributed by atoms with Crippen molar-refractivity contribution in [3.63, 3.8) is 0 Å². The molecule has 2 fully saturated rings. The number of morpholine rings is 1. The van der Waals surface area contributed by atoms with Crippen molar-refractivity contribution in [2.45, 2.75) is 38.5 Å². The van der Waals surface area contributed by atoms with Crippen LogP contribution in [-0.4, -0.2) is 61.9 Å². The van der Waals surface area contributed by atoms with Gasteiger partial charge < -0.3 is 20.1 Å². The third-order valence-electron chi connectivity index (χ3n) is 4.63. The molecule has 5 heteroatoms. The fourth-order valence-corrected chi connectivity index (χ4v) is 3.21. The van der Waals surface area contributed by atoms with Crippen LogP contribution in [0.2, 0.25) is 0 Å². The predicted octanol–water partition coefficient (Wildman–Crippen LogP) is 0.768. The second-order valence-electron chi connectivity index (χ2n) is 6.14. The highest BCUT2D eigenvalue weighted by molar-refractivity contribution is 5.76. The van der Waals surface area contributed by atoms with E-state index in [1.807, 2.05) is 4.90 Å².